The number of aliphatic hydroxyl groups excluding tert-OH is 1. The van der Waals surface area contributed by atoms with Gasteiger partial charge in [-0.2, -0.15) is 5.10 Å². The zero-order valence-electron chi connectivity index (χ0n) is 12.2. The fourth-order valence-corrected chi connectivity index (χ4v) is 3.31. The van der Waals surface area contributed by atoms with E-state index in [1.165, 1.54) is 0 Å². The lowest BCUT2D eigenvalue weighted by Crippen LogP contribution is -2.32. The third-order valence-corrected chi connectivity index (χ3v) is 4.55. The summed E-state index contributed by atoms with van der Waals surface area (Å²) in [6, 6.07) is 7.73. The summed E-state index contributed by atoms with van der Waals surface area (Å²) in [7, 11) is 1.85. The molecule has 5 heteroatoms. The Morgan fingerprint density at radius 3 is 2.95 bits per heavy atom. The highest BCUT2D eigenvalue weighted by molar-refractivity contribution is 6.04. The molecule has 1 aromatic heterocycles. The van der Waals surface area contributed by atoms with Crippen molar-refractivity contribution < 1.29 is 9.90 Å². The maximum Gasteiger partial charge on any atom is 0.272 e. The molecule has 1 amide bonds. The highest BCUT2D eigenvalue weighted by atomic mass is 16.3. The van der Waals surface area contributed by atoms with Crippen LogP contribution in [0.4, 0.5) is 0 Å². The zero-order valence-corrected chi connectivity index (χ0v) is 12.2. The summed E-state index contributed by atoms with van der Waals surface area (Å²) in [5.74, 6) is 0.579. The molecule has 2 aromatic rings. The van der Waals surface area contributed by atoms with Crippen LogP contribution in [0, 0.1) is 11.8 Å². The van der Waals surface area contributed by atoms with E-state index in [4.69, 9.17) is 0 Å². The van der Waals surface area contributed by atoms with Gasteiger partial charge >= 0.3 is 0 Å². The van der Waals surface area contributed by atoms with Crippen LogP contribution in [0.2, 0.25) is 0 Å². The van der Waals surface area contributed by atoms with Gasteiger partial charge in [-0.1, -0.05) is 24.6 Å². The van der Waals surface area contributed by atoms with Crippen molar-refractivity contribution in [3.63, 3.8) is 0 Å². The molecular weight excluding hydrogens is 266 g/mol. The molecule has 0 bridgehead atoms. The standard InChI is InChI=1S/C16H21N3O2/c1-19-14-8-3-2-7-13(14)15(18-19)16(21)17-9-11-5-4-6-12(11)10-20/h2-3,7-8,11-12,20H,4-6,9-10H2,1H3,(H,17,21). The van der Waals surface area contributed by atoms with E-state index in [0.29, 0.717) is 24.1 Å². The first-order chi connectivity index (χ1) is 10.2. The van der Waals surface area contributed by atoms with Gasteiger partial charge in [0.15, 0.2) is 5.69 Å². The fraction of sp³-hybridized carbons (Fsp3) is 0.500. The lowest BCUT2D eigenvalue weighted by molar-refractivity contribution is 0.0933. The molecule has 5 nitrogen and oxygen atoms in total. The Kier molecular flexibility index (Phi) is 3.92. The van der Waals surface area contributed by atoms with Gasteiger partial charge < -0.3 is 10.4 Å². The molecule has 1 fully saturated rings. The van der Waals surface area contributed by atoms with Crippen molar-refractivity contribution >= 4 is 16.8 Å². The minimum Gasteiger partial charge on any atom is -0.396 e. The summed E-state index contributed by atoms with van der Waals surface area (Å²) in [6.45, 7) is 0.835. The molecule has 0 radical (unpaired) electrons. The highest BCUT2D eigenvalue weighted by Gasteiger charge is 2.27. The Labute approximate surface area is 124 Å². The van der Waals surface area contributed by atoms with Crippen LogP contribution >= 0.6 is 0 Å². The Morgan fingerprint density at radius 1 is 1.38 bits per heavy atom. The van der Waals surface area contributed by atoms with Crippen LogP contribution in [0.5, 0.6) is 0 Å². The van der Waals surface area contributed by atoms with Crippen molar-refractivity contribution in [3.05, 3.63) is 30.0 Å². The van der Waals surface area contributed by atoms with Crippen molar-refractivity contribution in [2.75, 3.05) is 13.2 Å². The number of aromatic nitrogens is 2. The smallest absolute Gasteiger partial charge is 0.272 e. The number of hydrogen-bond donors (Lipinski definition) is 2. The normalized spacial score (nSPS) is 21.8. The van der Waals surface area contributed by atoms with Crippen LogP contribution in [0.3, 0.4) is 0 Å². The molecule has 2 atom stereocenters. The summed E-state index contributed by atoms with van der Waals surface area (Å²) in [5.41, 5.74) is 1.43. The number of carbonyl (C=O) groups excluding carboxylic acids is 1. The third-order valence-electron chi connectivity index (χ3n) is 4.55. The molecule has 1 aromatic carbocycles. The lowest BCUT2D eigenvalue weighted by atomic mass is 9.97. The molecule has 21 heavy (non-hydrogen) atoms. The number of nitrogens with one attached hydrogen (secondary N) is 1. The Morgan fingerprint density at radius 2 is 2.14 bits per heavy atom. The van der Waals surface area contributed by atoms with Crippen molar-refractivity contribution in [1.29, 1.82) is 0 Å². The minimum absolute atomic E-state index is 0.129. The first-order valence-corrected chi connectivity index (χ1v) is 7.51. The fourth-order valence-electron chi connectivity index (χ4n) is 3.31. The maximum absolute atomic E-state index is 12.4. The number of hydrogen-bond acceptors (Lipinski definition) is 3. The second-order valence-corrected chi connectivity index (χ2v) is 5.83. The number of fused-ring (bicyclic) bond motifs is 1. The van der Waals surface area contributed by atoms with E-state index in [1.807, 2.05) is 31.3 Å². The largest absolute Gasteiger partial charge is 0.396 e. The number of amides is 1. The molecule has 1 aliphatic rings. The average molecular weight is 287 g/mol. The van der Waals surface area contributed by atoms with Gasteiger partial charge in [-0.25, -0.2) is 0 Å². The van der Waals surface area contributed by atoms with Crippen LogP contribution in [0.25, 0.3) is 10.9 Å². The van der Waals surface area contributed by atoms with Crippen LogP contribution in [0.1, 0.15) is 29.8 Å². The quantitative estimate of drug-likeness (QED) is 0.899. The number of aliphatic hydroxyl groups is 1. The van der Waals surface area contributed by atoms with Crippen LogP contribution < -0.4 is 5.32 Å². The van der Waals surface area contributed by atoms with E-state index in [0.717, 1.165) is 30.2 Å². The maximum atomic E-state index is 12.4. The Balaban J connectivity index is 1.73. The van der Waals surface area contributed by atoms with E-state index in [-0.39, 0.29) is 12.5 Å². The topological polar surface area (TPSA) is 67.2 Å². The van der Waals surface area contributed by atoms with Gasteiger partial charge in [0.25, 0.3) is 5.91 Å². The molecule has 1 saturated carbocycles. The van der Waals surface area contributed by atoms with E-state index >= 15 is 0 Å². The number of benzene rings is 1. The van der Waals surface area contributed by atoms with Gasteiger partial charge in [-0.05, 0) is 30.7 Å². The monoisotopic (exact) mass is 287 g/mol. The van der Waals surface area contributed by atoms with E-state index < -0.39 is 0 Å². The number of aryl methyl sites for hydroxylation is 1. The molecule has 1 heterocycles. The van der Waals surface area contributed by atoms with Gasteiger partial charge in [-0.3, -0.25) is 9.48 Å². The van der Waals surface area contributed by atoms with Gasteiger partial charge in [0, 0.05) is 25.6 Å². The summed E-state index contributed by atoms with van der Waals surface area (Å²) in [5, 5.41) is 17.5. The summed E-state index contributed by atoms with van der Waals surface area (Å²) < 4.78 is 1.73. The molecule has 3 rings (SSSR count). The molecule has 2 unspecified atom stereocenters. The van der Waals surface area contributed by atoms with Crippen LogP contribution in [0.15, 0.2) is 24.3 Å². The lowest BCUT2D eigenvalue weighted by Gasteiger charge is -2.17. The Bertz CT molecular complexity index is 650. The van der Waals surface area contributed by atoms with E-state index in [1.54, 1.807) is 4.68 Å². The van der Waals surface area contributed by atoms with Crippen molar-refractivity contribution in [3.8, 4) is 0 Å². The highest BCUT2D eigenvalue weighted by Crippen LogP contribution is 2.30. The number of para-hydroxylation sites is 1. The van der Waals surface area contributed by atoms with Gasteiger partial charge in [0.05, 0.1) is 5.52 Å². The SMILES string of the molecule is Cn1nc(C(=O)NCC2CCCC2CO)c2ccccc21. The van der Waals surface area contributed by atoms with E-state index in [9.17, 15) is 9.90 Å². The second-order valence-electron chi connectivity index (χ2n) is 5.83. The molecular formula is C16H21N3O2. The molecule has 0 saturated heterocycles. The van der Waals surface area contributed by atoms with Crippen molar-refractivity contribution in [1.82, 2.24) is 15.1 Å². The molecule has 0 aliphatic heterocycles. The molecule has 112 valence electrons. The van der Waals surface area contributed by atoms with Gasteiger partial charge in [0.1, 0.15) is 0 Å². The van der Waals surface area contributed by atoms with Crippen LogP contribution in [-0.4, -0.2) is 33.9 Å². The van der Waals surface area contributed by atoms with Crippen molar-refractivity contribution in [2.24, 2.45) is 18.9 Å². The van der Waals surface area contributed by atoms with E-state index in [2.05, 4.69) is 10.4 Å². The molecule has 0 spiro atoms. The molecule has 1 aliphatic carbocycles. The molecule has 2 N–H and O–H groups in total. The van der Waals surface area contributed by atoms with Crippen LogP contribution in [-0.2, 0) is 7.05 Å². The number of carbonyl (C=O) groups is 1. The summed E-state index contributed by atoms with van der Waals surface area (Å²) in [6.07, 6.45) is 3.27. The number of rotatable bonds is 4. The average Bonchev–Trinajstić information content (AvgIpc) is 3.10. The number of nitrogens with zero attached hydrogens (tertiary/aromatic N) is 2. The Hall–Kier alpha value is -1.88. The second kappa shape index (κ2) is 5.85. The third kappa shape index (κ3) is 2.65. The van der Waals surface area contributed by atoms with Gasteiger partial charge in [-0.15, -0.1) is 0 Å². The summed E-state index contributed by atoms with van der Waals surface area (Å²) in [4.78, 5) is 12.4. The predicted molar refractivity (Wildman–Crippen MR) is 81.0 cm³/mol. The first kappa shape index (κ1) is 14.1. The predicted octanol–water partition coefficient (Wildman–Crippen LogP) is 1.71. The summed E-state index contributed by atoms with van der Waals surface area (Å²) >= 11 is 0. The van der Waals surface area contributed by atoms with Gasteiger partial charge in [0.2, 0.25) is 0 Å². The minimum atomic E-state index is -0.129. The van der Waals surface area contributed by atoms with Crippen molar-refractivity contribution in [2.45, 2.75) is 19.3 Å². The zero-order chi connectivity index (χ0) is 14.8. The first-order valence-electron chi connectivity index (χ1n) is 7.51.